The fraction of sp³-hybridized carbons (Fsp3) is 0.688. The van der Waals surface area contributed by atoms with Crippen molar-refractivity contribution in [2.45, 2.75) is 27.3 Å². The monoisotopic (exact) mass is 368 g/mol. The van der Waals surface area contributed by atoms with Crippen LogP contribution in [0.3, 0.4) is 0 Å². The van der Waals surface area contributed by atoms with E-state index >= 15 is 0 Å². The summed E-state index contributed by atoms with van der Waals surface area (Å²) in [7, 11) is -3.37. The van der Waals surface area contributed by atoms with Gasteiger partial charge in [0.2, 0.25) is 10.0 Å². The van der Waals surface area contributed by atoms with Crippen LogP contribution in [0.5, 0.6) is 0 Å². The maximum atomic E-state index is 12.1. The summed E-state index contributed by atoms with van der Waals surface area (Å²) in [5, 5.41) is 9.82. The number of fused-ring (bicyclic) bond motifs is 1. The van der Waals surface area contributed by atoms with Crippen molar-refractivity contribution in [1.29, 1.82) is 0 Å². The molecule has 8 nitrogen and oxygen atoms in total. The third-order valence-corrected chi connectivity index (χ3v) is 7.02. The van der Waals surface area contributed by atoms with Crippen molar-refractivity contribution >= 4 is 16.0 Å². The molecule has 3 rings (SSSR count). The highest BCUT2D eigenvalue weighted by atomic mass is 32.2. The highest BCUT2D eigenvalue weighted by molar-refractivity contribution is 7.89. The number of aromatic nitrogens is 2. The van der Waals surface area contributed by atoms with Crippen LogP contribution in [0, 0.1) is 25.2 Å². The Morgan fingerprint density at radius 1 is 1.28 bits per heavy atom. The lowest BCUT2D eigenvalue weighted by atomic mass is 9.81. The van der Waals surface area contributed by atoms with Crippen LogP contribution in [-0.2, 0) is 21.4 Å². The van der Waals surface area contributed by atoms with Crippen molar-refractivity contribution in [3.63, 3.8) is 0 Å². The number of carboxylic acids is 1. The molecule has 2 aliphatic heterocycles. The van der Waals surface area contributed by atoms with E-state index in [9.17, 15) is 18.3 Å². The van der Waals surface area contributed by atoms with E-state index in [2.05, 4.69) is 9.97 Å². The summed E-state index contributed by atoms with van der Waals surface area (Å²) in [5.41, 5.74) is 0.728. The van der Waals surface area contributed by atoms with Gasteiger partial charge in [-0.05, 0) is 26.8 Å². The largest absolute Gasteiger partial charge is 0.481 e. The second kappa shape index (κ2) is 6.30. The standard InChI is InChI=1S/C16H24N4O4S/c1-4-25(23,24)20-7-13-6-19(9-16(13,10-20)15(21)22)8-14-17-11(2)5-12(3)18-14/h5,13H,4,6-10H2,1-3H3,(H,21,22)/t13-,16-/m0/s1. The van der Waals surface area contributed by atoms with Gasteiger partial charge in [0.15, 0.2) is 0 Å². The highest BCUT2D eigenvalue weighted by Gasteiger charge is 2.59. The number of hydrogen-bond acceptors (Lipinski definition) is 6. The lowest BCUT2D eigenvalue weighted by molar-refractivity contribution is -0.148. The summed E-state index contributed by atoms with van der Waals surface area (Å²) in [6, 6.07) is 1.90. The van der Waals surface area contributed by atoms with E-state index in [4.69, 9.17) is 0 Å². The number of likely N-dealkylation sites (tertiary alicyclic amines) is 1. The van der Waals surface area contributed by atoms with Crippen LogP contribution in [0.15, 0.2) is 6.07 Å². The minimum absolute atomic E-state index is 0.00442. The van der Waals surface area contributed by atoms with Gasteiger partial charge in [-0.2, -0.15) is 0 Å². The Kier molecular flexibility index (Phi) is 4.59. The fourth-order valence-electron chi connectivity index (χ4n) is 4.01. The molecule has 1 N–H and O–H groups in total. The molecule has 138 valence electrons. The molecule has 0 aromatic carbocycles. The zero-order chi connectivity index (χ0) is 18.4. The van der Waals surface area contributed by atoms with Crippen molar-refractivity contribution in [3.8, 4) is 0 Å². The molecule has 1 aromatic rings. The normalized spacial score (nSPS) is 27.6. The van der Waals surface area contributed by atoms with Gasteiger partial charge in [-0.15, -0.1) is 0 Å². The van der Waals surface area contributed by atoms with E-state index in [1.54, 1.807) is 6.92 Å². The van der Waals surface area contributed by atoms with Gasteiger partial charge < -0.3 is 5.11 Å². The summed E-state index contributed by atoms with van der Waals surface area (Å²) in [4.78, 5) is 22.9. The number of rotatable bonds is 5. The predicted octanol–water partition coefficient (Wildman–Crippen LogP) is 0.262. The predicted molar refractivity (Wildman–Crippen MR) is 91.4 cm³/mol. The first-order valence-electron chi connectivity index (χ1n) is 8.41. The molecule has 3 heterocycles. The third kappa shape index (κ3) is 3.28. The molecule has 0 saturated carbocycles. The van der Waals surface area contributed by atoms with E-state index < -0.39 is 21.4 Å². The molecule has 0 amide bonds. The maximum Gasteiger partial charge on any atom is 0.312 e. The van der Waals surface area contributed by atoms with E-state index in [-0.39, 0.29) is 24.8 Å². The van der Waals surface area contributed by atoms with Crippen LogP contribution in [0.1, 0.15) is 24.1 Å². The molecular weight excluding hydrogens is 344 g/mol. The Morgan fingerprint density at radius 3 is 2.44 bits per heavy atom. The number of carbonyl (C=O) groups is 1. The second-order valence-electron chi connectivity index (χ2n) is 7.09. The van der Waals surface area contributed by atoms with Crippen molar-refractivity contribution in [3.05, 3.63) is 23.3 Å². The SMILES string of the molecule is CCS(=O)(=O)N1C[C@@H]2CN(Cc3nc(C)cc(C)n3)C[C@]2(C(=O)O)C1. The number of aliphatic carboxylic acids is 1. The lowest BCUT2D eigenvalue weighted by Crippen LogP contribution is -2.42. The summed E-state index contributed by atoms with van der Waals surface area (Å²) in [6.45, 7) is 7.05. The Morgan fingerprint density at radius 2 is 1.92 bits per heavy atom. The van der Waals surface area contributed by atoms with Crippen molar-refractivity contribution < 1.29 is 18.3 Å². The summed E-state index contributed by atoms with van der Waals surface area (Å²) < 4.78 is 25.6. The average molecular weight is 368 g/mol. The van der Waals surface area contributed by atoms with Gasteiger partial charge in [0, 0.05) is 43.5 Å². The zero-order valence-corrected chi connectivity index (χ0v) is 15.6. The Hall–Kier alpha value is -1.58. The van der Waals surface area contributed by atoms with E-state index in [0.717, 1.165) is 11.4 Å². The molecule has 9 heteroatoms. The minimum Gasteiger partial charge on any atom is -0.481 e. The molecule has 2 saturated heterocycles. The number of carboxylic acid groups (broad SMARTS) is 1. The van der Waals surface area contributed by atoms with Gasteiger partial charge in [0.1, 0.15) is 5.82 Å². The van der Waals surface area contributed by atoms with Gasteiger partial charge in [-0.3, -0.25) is 9.69 Å². The van der Waals surface area contributed by atoms with Crippen LogP contribution in [0.25, 0.3) is 0 Å². The van der Waals surface area contributed by atoms with Crippen LogP contribution in [-0.4, -0.2) is 70.6 Å². The molecule has 0 bridgehead atoms. The molecule has 0 aliphatic carbocycles. The topological polar surface area (TPSA) is 104 Å². The molecule has 2 aliphatic rings. The quantitative estimate of drug-likeness (QED) is 0.795. The van der Waals surface area contributed by atoms with Crippen molar-refractivity contribution in [1.82, 2.24) is 19.2 Å². The van der Waals surface area contributed by atoms with E-state index in [1.165, 1.54) is 4.31 Å². The first-order valence-corrected chi connectivity index (χ1v) is 10.0. The van der Waals surface area contributed by atoms with Crippen molar-refractivity contribution in [2.24, 2.45) is 11.3 Å². The van der Waals surface area contributed by atoms with Gasteiger partial charge in [0.05, 0.1) is 17.7 Å². The second-order valence-corrected chi connectivity index (χ2v) is 9.35. The fourth-order valence-corrected chi connectivity index (χ4v) is 5.21. The molecular formula is C16H24N4O4S. The molecule has 25 heavy (non-hydrogen) atoms. The first kappa shape index (κ1) is 18.2. The van der Waals surface area contributed by atoms with Gasteiger partial charge in [-0.1, -0.05) is 0 Å². The highest BCUT2D eigenvalue weighted by Crippen LogP contribution is 2.44. The number of aryl methyl sites for hydroxylation is 2. The van der Waals surface area contributed by atoms with Gasteiger partial charge in [0.25, 0.3) is 0 Å². The van der Waals surface area contributed by atoms with Crippen LogP contribution < -0.4 is 0 Å². The maximum absolute atomic E-state index is 12.1. The van der Waals surface area contributed by atoms with Crippen molar-refractivity contribution in [2.75, 3.05) is 31.9 Å². The molecule has 0 spiro atoms. The summed E-state index contributed by atoms with van der Waals surface area (Å²) in [6.07, 6.45) is 0. The third-order valence-electron chi connectivity index (χ3n) is 5.23. The Balaban J connectivity index is 1.79. The van der Waals surface area contributed by atoms with E-state index in [0.29, 0.717) is 25.5 Å². The zero-order valence-electron chi connectivity index (χ0n) is 14.8. The molecule has 1 aromatic heterocycles. The molecule has 2 atom stereocenters. The van der Waals surface area contributed by atoms with E-state index in [1.807, 2.05) is 24.8 Å². The number of sulfonamides is 1. The molecule has 0 unspecified atom stereocenters. The van der Waals surface area contributed by atoms with Crippen LogP contribution >= 0.6 is 0 Å². The average Bonchev–Trinajstić information content (AvgIpc) is 3.01. The van der Waals surface area contributed by atoms with Gasteiger partial charge in [-0.25, -0.2) is 22.7 Å². The number of hydrogen-bond donors (Lipinski definition) is 1. The summed E-state index contributed by atoms with van der Waals surface area (Å²) >= 11 is 0. The molecule has 2 fully saturated rings. The Bertz CT molecular complexity index is 777. The first-order chi connectivity index (χ1) is 11.7. The van der Waals surface area contributed by atoms with Crippen LogP contribution in [0.2, 0.25) is 0 Å². The molecule has 0 radical (unpaired) electrons. The van der Waals surface area contributed by atoms with Crippen LogP contribution in [0.4, 0.5) is 0 Å². The minimum atomic E-state index is -3.37. The number of nitrogens with zero attached hydrogens (tertiary/aromatic N) is 4. The Labute approximate surface area is 147 Å². The smallest absolute Gasteiger partial charge is 0.312 e. The summed E-state index contributed by atoms with van der Waals surface area (Å²) in [5.74, 6) is -0.460. The lowest BCUT2D eigenvalue weighted by Gasteiger charge is -2.24. The van der Waals surface area contributed by atoms with Gasteiger partial charge >= 0.3 is 5.97 Å².